The highest BCUT2D eigenvalue weighted by atomic mass is 15.2. The van der Waals surface area contributed by atoms with Crippen molar-refractivity contribution in [2.45, 2.75) is 19.8 Å². The van der Waals surface area contributed by atoms with Crippen LogP contribution in [0.2, 0.25) is 0 Å². The number of hydrogen-bond donors (Lipinski definition) is 0. The summed E-state index contributed by atoms with van der Waals surface area (Å²) < 4.78 is 0. The standard InChI is InChI=1S/C30H31N3/c1-7-27-25-19-23-17-13-14-18-24(23)20-26(25)31-30(33(27)9-3)21(4)29(28(8-2)32(5)6)22-15-11-10-12-16-22/h10-21,29H,1-2,9H2,3-6H3. The largest absolute Gasteiger partial charge is 0.374 e. The summed E-state index contributed by atoms with van der Waals surface area (Å²) in [6.07, 6.45) is 0. The number of hydrogen-bond acceptors (Lipinski definition) is 3. The zero-order chi connectivity index (χ0) is 23.5. The molecule has 3 aromatic rings. The number of likely N-dealkylation sites (N-methyl/N-ethyl adjacent to an activating group) is 1. The average Bonchev–Trinajstić information content (AvgIpc) is 2.84. The molecule has 33 heavy (non-hydrogen) atoms. The lowest BCUT2D eigenvalue weighted by Gasteiger charge is -2.38. The normalized spacial score (nSPS) is 14.6. The second-order valence-corrected chi connectivity index (χ2v) is 8.59. The summed E-state index contributed by atoms with van der Waals surface area (Å²) in [7, 11) is 4.10. The van der Waals surface area contributed by atoms with E-state index in [0.29, 0.717) is 0 Å². The van der Waals surface area contributed by atoms with Crippen molar-refractivity contribution < 1.29 is 0 Å². The fraction of sp³-hybridized carbons (Fsp3) is 0.233. The molecule has 3 heteroatoms. The van der Waals surface area contributed by atoms with Gasteiger partial charge in [0.1, 0.15) is 5.84 Å². The third-order valence-electron chi connectivity index (χ3n) is 6.41. The minimum Gasteiger partial charge on any atom is -0.374 e. The van der Waals surface area contributed by atoms with Crippen LogP contribution in [0.4, 0.5) is 5.69 Å². The van der Waals surface area contributed by atoms with E-state index in [2.05, 4.69) is 115 Å². The van der Waals surface area contributed by atoms with Crippen molar-refractivity contribution in [2.75, 3.05) is 20.6 Å². The molecule has 0 saturated heterocycles. The molecule has 1 aliphatic heterocycles. The van der Waals surface area contributed by atoms with Gasteiger partial charge in [-0.2, -0.15) is 0 Å². The Morgan fingerprint density at radius 3 is 2.21 bits per heavy atom. The number of allylic oxidation sites excluding steroid dienone is 1. The van der Waals surface area contributed by atoms with Crippen LogP contribution in [0.5, 0.6) is 0 Å². The molecule has 3 aromatic carbocycles. The van der Waals surface area contributed by atoms with Gasteiger partial charge in [0.15, 0.2) is 0 Å². The fourth-order valence-electron chi connectivity index (χ4n) is 4.85. The molecule has 0 radical (unpaired) electrons. The van der Waals surface area contributed by atoms with E-state index >= 15 is 0 Å². The highest BCUT2D eigenvalue weighted by molar-refractivity contribution is 6.02. The van der Waals surface area contributed by atoms with E-state index in [4.69, 9.17) is 4.99 Å². The number of aliphatic imine (C=N–C) groups is 1. The molecule has 0 N–H and O–H groups in total. The SMILES string of the molecule is C=C=C(C(c1ccccc1)C(C)C1=Nc2cc3ccccc3cc2C(=C=C)N1CC)N(C)C. The summed E-state index contributed by atoms with van der Waals surface area (Å²) in [5, 5.41) is 2.37. The molecule has 0 bridgehead atoms. The van der Waals surface area contributed by atoms with Crippen molar-refractivity contribution in [1.82, 2.24) is 9.80 Å². The quantitative estimate of drug-likeness (QED) is 0.391. The van der Waals surface area contributed by atoms with Gasteiger partial charge in [-0.05, 0) is 35.4 Å². The molecule has 0 aromatic heterocycles. The molecular formula is C30H31N3. The molecule has 0 fully saturated rings. The first kappa shape index (κ1) is 22.4. The average molecular weight is 434 g/mol. The van der Waals surface area contributed by atoms with E-state index in [9.17, 15) is 0 Å². The van der Waals surface area contributed by atoms with Gasteiger partial charge in [0.2, 0.25) is 0 Å². The minimum absolute atomic E-state index is 0.0552. The van der Waals surface area contributed by atoms with Crippen LogP contribution in [0.3, 0.4) is 0 Å². The first-order valence-corrected chi connectivity index (χ1v) is 11.4. The van der Waals surface area contributed by atoms with Gasteiger partial charge in [0, 0.05) is 38.0 Å². The maximum absolute atomic E-state index is 5.24. The van der Waals surface area contributed by atoms with Crippen molar-refractivity contribution in [1.29, 1.82) is 0 Å². The highest BCUT2D eigenvalue weighted by Gasteiger charge is 2.34. The maximum atomic E-state index is 5.24. The smallest absolute Gasteiger partial charge is 0.114 e. The molecule has 0 saturated carbocycles. The van der Waals surface area contributed by atoms with E-state index in [1.54, 1.807) is 0 Å². The van der Waals surface area contributed by atoms with Crippen molar-refractivity contribution in [3.05, 3.63) is 108 Å². The summed E-state index contributed by atoms with van der Waals surface area (Å²) in [4.78, 5) is 9.60. The molecule has 1 aliphatic rings. The van der Waals surface area contributed by atoms with E-state index in [1.807, 2.05) is 14.1 Å². The molecule has 0 aliphatic carbocycles. The summed E-state index contributed by atoms with van der Waals surface area (Å²) in [5.41, 5.74) is 11.7. The Morgan fingerprint density at radius 2 is 1.64 bits per heavy atom. The van der Waals surface area contributed by atoms with Crippen molar-refractivity contribution >= 4 is 28.0 Å². The number of amidine groups is 1. The van der Waals surface area contributed by atoms with Crippen molar-refractivity contribution in [3.8, 4) is 0 Å². The third kappa shape index (κ3) is 4.05. The molecule has 0 spiro atoms. The van der Waals surface area contributed by atoms with Crippen LogP contribution in [0.1, 0.15) is 30.9 Å². The highest BCUT2D eigenvalue weighted by Crippen LogP contribution is 2.41. The van der Waals surface area contributed by atoms with E-state index in [0.717, 1.165) is 35.0 Å². The van der Waals surface area contributed by atoms with E-state index in [1.165, 1.54) is 16.3 Å². The minimum atomic E-state index is 0.0552. The Hall–Kier alpha value is -3.77. The number of benzene rings is 3. The van der Waals surface area contributed by atoms with Crippen molar-refractivity contribution in [2.24, 2.45) is 10.9 Å². The molecule has 3 nitrogen and oxygen atoms in total. The van der Waals surface area contributed by atoms with Gasteiger partial charge in [-0.15, -0.1) is 11.5 Å². The lowest BCUT2D eigenvalue weighted by atomic mass is 9.82. The third-order valence-corrected chi connectivity index (χ3v) is 6.41. The Labute approximate surface area is 197 Å². The lowest BCUT2D eigenvalue weighted by Crippen LogP contribution is -2.39. The predicted octanol–water partition coefficient (Wildman–Crippen LogP) is 6.98. The van der Waals surface area contributed by atoms with Crippen LogP contribution in [0.25, 0.3) is 16.5 Å². The molecule has 1 heterocycles. The number of nitrogens with zero attached hydrogens (tertiary/aromatic N) is 3. The second-order valence-electron chi connectivity index (χ2n) is 8.59. The van der Waals surface area contributed by atoms with Gasteiger partial charge < -0.3 is 9.80 Å². The Kier molecular flexibility index (Phi) is 6.38. The first-order chi connectivity index (χ1) is 16.0. The van der Waals surface area contributed by atoms with Gasteiger partial charge in [-0.1, -0.05) is 74.7 Å². The van der Waals surface area contributed by atoms with Crippen molar-refractivity contribution in [3.63, 3.8) is 0 Å². The van der Waals surface area contributed by atoms with Crippen LogP contribution in [0.15, 0.2) is 102 Å². The summed E-state index contributed by atoms with van der Waals surface area (Å²) in [5.74, 6) is 1.14. The molecule has 4 rings (SSSR count). The van der Waals surface area contributed by atoms with Gasteiger partial charge >= 0.3 is 0 Å². The van der Waals surface area contributed by atoms with Crippen LogP contribution < -0.4 is 0 Å². The van der Waals surface area contributed by atoms with Crippen LogP contribution in [-0.4, -0.2) is 36.3 Å². The second kappa shape index (κ2) is 9.38. The summed E-state index contributed by atoms with van der Waals surface area (Å²) in [6, 6.07) is 23.4. The maximum Gasteiger partial charge on any atom is 0.114 e. The fourth-order valence-corrected chi connectivity index (χ4v) is 4.85. The molecular weight excluding hydrogens is 402 g/mol. The Balaban J connectivity index is 1.93. The summed E-state index contributed by atoms with van der Waals surface area (Å²) >= 11 is 0. The molecule has 0 amide bonds. The Bertz CT molecular complexity index is 1300. The van der Waals surface area contributed by atoms with Gasteiger partial charge in [0.25, 0.3) is 0 Å². The van der Waals surface area contributed by atoms with Crippen LogP contribution in [-0.2, 0) is 0 Å². The topological polar surface area (TPSA) is 18.8 Å². The monoisotopic (exact) mass is 433 g/mol. The van der Waals surface area contributed by atoms with Crippen LogP contribution >= 0.6 is 0 Å². The Morgan fingerprint density at radius 1 is 1.00 bits per heavy atom. The van der Waals surface area contributed by atoms with E-state index < -0.39 is 0 Å². The molecule has 2 atom stereocenters. The molecule has 2 unspecified atom stereocenters. The molecule has 166 valence electrons. The van der Waals surface area contributed by atoms with Crippen LogP contribution in [0, 0.1) is 5.92 Å². The van der Waals surface area contributed by atoms with Gasteiger partial charge in [0.05, 0.1) is 17.1 Å². The van der Waals surface area contributed by atoms with E-state index in [-0.39, 0.29) is 11.8 Å². The summed E-state index contributed by atoms with van der Waals surface area (Å²) in [6.45, 7) is 13.2. The first-order valence-electron chi connectivity index (χ1n) is 11.4. The number of rotatable bonds is 6. The van der Waals surface area contributed by atoms with Gasteiger partial charge in [-0.3, -0.25) is 0 Å². The van der Waals surface area contributed by atoms with Gasteiger partial charge in [-0.25, -0.2) is 4.99 Å². The lowest BCUT2D eigenvalue weighted by molar-refractivity contribution is 0.424. The number of fused-ring (bicyclic) bond motifs is 2. The zero-order valence-corrected chi connectivity index (χ0v) is 20.0. The zero-order valence-electron chi connectivity index (χ0n) is 20.0. The predicted molar refractivity (Wildman–Crippen MR) is 141 cm³/mol.